The molecule has 27 heavy (non-hydrogen) atoms. The molecule has 1 aliphatic heterocycles. The molecule has 0 aromatic heterocycles. The lowest BCUT2D eigenvalue weighted by Gasteiger charge is -2.18. The molecule has 1 heterocycles. The Bertz CT molecular complexity index is 879. The van der Waals surface area contributed by atoms with Crippen LogP contribution in [0.3, 0.4) is 0 Å². The summed E-state index contributed by atoms with van der Waals surface area (Å²) < 4.78 is 38.4. The van der Waals surface area contributed by atoms with Crippen LogP contribution in [-0.2, 0) is 4.79 Å². The van der Waals surface area contributed by atoms with Crippen LogP contribution in [0.2, 0.25) is 0 Å². The first-order valence-corrected chi connectivity index (χ1v) is 8.51. The first-order valence-electron chi connectivity index (χ1n) is 8.51. The largest absolute Gasteiger partial charge is 0.493 e. The van der Waals surface area contributed by atoms with Gasteiger partial charge in [-0.3, -0.25) is 4.79 Å². The molecular formula is C20H20F2N2O3. The lowest BCUT2D eigenvalue weighted by molar-refractivity contribution is -0.132. The molecule has 2 aromatic rings. The first kappa shape index (κ1) is 18.8. The maximum atomic E-state index is 14.0. The van der Waals surface area contributed by atoms with Crippen LogP contribution < -0.4 is 9.47 Å². The van der Waals surface area contributed by atoms with Gasteiger partial charge >= 0.3 is 0 Å². The Morgan fingerprint density at radius 2 is 1.78 bits per heavy atom. The zero-order chi connectivity index (χ0) is 19.6. The molecule has 0 saturated carbocycles. The van der Waals surface area contributed by atoms with E-state index in [1.165, 1.54) is 18.0 Å². The Morgan fingerprint density at radius 1 is 1.11 bits per heavy atom. The van der Waals surface area contributed by atoms with E-state index in [-0.39, 0.29) is 5.56 Å². The zero-order valence-electron chi connectivity index (χ0n) is 15.3. The van der Waals surface area contributed by atoms with Gasteiger partial charge in [-0.25, -0.2) is 13.8 Å². The molecule has 1 amide bonds. The molecule has 0 bridgehead atoms. The normalized spacial score (nSPS) is 14.7. The number of ether oxygens (including phenoxy) is 2. The molecule has 2 aromatic carbocycles. The molecule has 5 nitrogen and oxygen atoms in total. The van der Waals surface area contributed by atoms with E-state index in [2.05, 4.69) is 5.10 Å². The summed E-state index contributed by atoms with van der Waals surface area (Å²) in [6, 6.07) is 8.93. The predicted octanol–water partition coefficient (Wildman–Crippen LogP) is 3.72. The van der Waals surface area contributed by atoms with Crippen molar-refractivity contribution in [2.24, 2.45) is 5.10 Å². The lowest BCUT2D eigenvalue weighted by atomic mass is 9.99. The summed E-state index contributed by atoms with van der Waals surface area (Å²) in [5.41, 5.74) is 1.26. The van der Waals surface area contributed by atoms with Gasteiger partial charge in [-0.1, -0.05) is 6.07 Å². The van der Waals surface area contributed by atoms with Crippen molar-refractivity contribution < 1.29 is 23.0 Å². The summed E-state index contributed by atoms with van der Waals surface area (Å²) in [4.78, 5) is 12.7. The van der Waals surface area contributed by atoms with Crippen LogP contribution >= 0.6 is 0 Å². The highest BCUT2D eigenvalue weighted by molar-refractivity contribution is 6.03. The molecule has 0 aliphatic carbocycles. The zero-order valence-corrected chi connectivity index (χ0v) is 15.3. The van der Waals surface area contributed by atoms with Crippen LogP contribution in [0, 0.1) is 11.6 Å². The molecule has 1 atom stereocenters. The molecule has 0 N–H and O–H groups in total. The van der Waals surface area contributed by atoms with E-state index in [1.807, 2.05) is 6.07 Å². The minimum atomic E-state index is -0.972. The minimum Gasteiger partial charge on any atom is -0.493 e. The third-order valence-electron chi connectivity index (χ3n) is 4.58. The van der Waals surface area contributed by atoms with Gasteiger partial charge in [0.15, 0.2) is 11.5 Å². The van der Waals surface area contributed by atoms with Gasteiger partial charge < -0.3 is 9.47 Å². The van der Waals surface area contributed by atoms with Crippen molar-refractivity contribution >= 4 is 11.6 Å². The molecule has 0 radical (unpaired) electrons. The van der Waals surface area contributed by atoms with E-state index >= 15 is 0 Å². The Morgan fingerprint density at radius 3 is 2.41 bits per heavy atom. The van der Waals surface area contributed by atoms with E-state index in [1.54, 1.807) is 26.4 Å². The van der Waals surface area contributed by atoms with E-state index in [0.717, 1.165) is 17.7 Å². The van der Waals surface area contributed by atoms with Crippen molar-refractivity contribution in [3.05, 3.63) is 59.2 Å². The number of hydrogen-bond acceptors (Lipinski definition) is 4. The second-order valence-electron chi connectivity index (χ2n) is 6.18. The fraction of sp³-hybridized carbons (Fsp3) is 0.300. The monoisotopic (exact) mass is 374 g/mol. The van der Waals surface area contributed by atoms with Crippen molar-refractivity contribution in [3.63, 3.8) is 0 Å². The van der Waals surface area contributed by atoms with Gasteiger partial charge in [-0.15, -0.1) is 0 Å². The van der Waals surface area contributed by atoms with Crippen LogP contribution in [0.15, 0.2) is 41.5 Å². The maximum absolute atomic E-state index is 14.0. The van der Waals surface area contributed by atoms with Gasteiger partial charge in [0.2, 0.25) is 5.91 Å². The molecule has 0 saturated heterocycles. The number of amides is 1. The smallest absolute Gasteiger partial charge is 0.250 e. The maximum Gasteiger partial charge on any atom is 0.250 e. The van der Waals surface area contributed by atoms with Crippen LogP contribution in [0.1, 0.15) is 30.4 Å². The topological polar surface area (TPSA) is 51.1 Å². The number of hydrazone groups is 1. The molecule has 7 heteroatoms. The molecule has 142 valence electrons. The Kier molecular flexibility index (Phi) is 5.39. The number of benzene rings is 2. The fourth-order valence-electron chi connectivity index (χ4n) is 3.11. The number of hydrogen-bond donors (Lipinski definition) is 0. The van der Waals surface area contributed by atoms with E-state index in [0.29, 0.717) is 30.2 Å². The Labute approximate surface area is 156 Å². The van der Waals surface area contributed by atoms with Crippen LogP contribution in [0.4, 0.5) is 8.78 Å². The number of rotatable bonds is 5. The van der Waals surface area contributed by atoms with Crippen molar-refractivity contribution in [3.8, 4) is 11.5 Å². The summed E-state index contributed by atoms with van der Waals surface area (Å²) >= 11 is 0. The Balaban J connectivity index is 1.84. The standard InChI is InChI=1S/C20H20F2N2O3/c1-12(19-14(21)5-4-6-15(19)22)20(25)24-10-9-16(23-24)13-7-8-17(26-2)18(11-13)27-3/h4-8,11-12H,9-10H2,1-3H3. The van der Waals surface area contributed by atoms with Crippen molar-refractivity contribution in [2.75, 3.05) is 20.8 Å². The van der Waals surface area contributed by atoms with Gasteiger partial charge in [0.25, 0.3) is 0 Å². The number of nitrogens with zero attached hydrogens (tertiary/aromatic N) is 2. The van der Waals surface area contributed by atoms with Crippen LogP contribution in [-0.4, -0.2) is 37.4 Å². The average Bonchev–Trinajstić information content (AvgIpc) is 3.16. The van der Waals surface area contributed by atoms with Crippen LogP contribution in [0.25, 0.3) is 0 Å². The third-order valence-corrected chi connectivity index (χ3v) is 4.58. The van der Waals surface area contributed by atoms with Crippen molar-refractivity contribution in [1.82, 2.24) is 5.01 Å². The average molecular weight is 374 g/mol. The van der Waals surface area contributed by atoms with Gasteiger partial charge in [-0.2, -0.15) is 5.10 Å². The first-order chi connectivity index (χ1) is 13.0. The molecule has 0 fully saturated rings. The van der Waals surface area contributed by atoms with E-state index in [4.69, 9.17) is 9.47 Å². The number of halogens is 2. The lowest BCUT2D eigenvalue weighted by Crippen LogP contribution is -2.29. The summed E-state index contributed by atoms with van der Waals surface area (Å²) in [6.07, 6.45) is 0.535. The second kappa shape index (κ2) is 7.73. The summed E-state index contributed by atoms with van der Waals surface area (Å²) in [5.74, 6) is -1.74. The molecule has 3 rings (SSSR count). The number of carbonyl (C=O) groups is 1. The second-order valence-corrected chi connectivity index (χ2v) is 6.18. The molecule has 1 unspecified atom stereocenters. The minimum absolute atomic E-state index is 0.239. The molecular weight excluding hydrogens is 354 g/mol. The highest BCUT2D eigenvalue weighted by atomic mass is 19.1. The highest BCUT2D eigenvalue weighted by Gasteiger charge is 2.30. The summed E-state index contributed by atoms with van der Waals surface area (Å²) in [6.45, 7) is 1.83. The van der Waals surface area contributed by atoms with Gasteiger partial charge in [0.1, 0.15) is 11.6 Å². The van der Waals surface area contributed by atoms with Crippen LogP contribution in [0.5, 0.6) is 11.5 Å². The fourth-order valence-corrected chi connectivity index (χ4v) is 3.11. The Hall–Kier alpha value is -2.96. The van der Waals surface area contributed by atoms with Crippen molar-refractivity contribution in [2.45, 2.75) is 19.3 Å². The number of carbonyl (C=O) groups excluding carboxylic acids is 1. The predicted molar refractivity (Wildman–Crippen MR) is 97.2 cm³/mol. The number of methoxy groups -OCH3 is 2. The van der Waals surface area contributed by atoms with Gasteiger partial charge in [-0.05, 0) is 37.3 Å². The van der Waals surface area contributed by atoms with E-state index < -0.39 is 23.5 Å². The highest BCUT2D eigenvalue weighted by Crippen LogP contribution is 2.30. The molecule has 0 spiro atoms. The van der Waals surface area contributed by atoms with Gasteiger partial charge in [0.05, 0.1) is 32.4 Å². The SMILES string of the molecule is COc1ccc(C2=NN(C(=O)C(C)c3c(F)cccc3F)CC2)cc1OC. The van der Waals surface area contributed by atoms with Gasteiger partial charge in [0, 0.05) is 17.5 Å². The summed E-state index contributed by atoms with van der Waals surface area (Å²) in [5, 5.41) is 5.62. The third kappa shape index (κ3) is 3.63. The molecule has 1 aliphatic rings. The summed E-state index contributed by atoms with van der Waals surface area (Å²) in [7, 11) is 3.09. The van der Waals surface area contributed by atoms with Crippen molar-refractivity contribution in [1.29, 1.82) is 0 Å². The van der Waals surface area contributed by atoms with E-state index in [9.17, 15) is 13.6 Å². The quantitative estimate of drug-likeness (QED) is 0.802.